The first-order valence-corrected chi connectivity index (χ1v) is 4.76. The van der Waals surface area contributed by atoms with Crippen LogP contribution in [0.15, 0.2) is 0 Å². The Hall–Kier alpha value is -1.70. The monoisotopic (exact) mass is 269 g/mol. The second-order valence-electron chi connectivity index (χ2n) is 3.53. The van der Waals surface area contributed by atoms with Crippen molar-refractivity contribution in [2.24, 2.45) is 5.73 Å². The third-order valence-corrected chi connectivity index (χ3v) is 2.32. The van der Waals surface area contributed by atoms with Gasteiger partial charge in [0.2, 0.25) is 5.82 Å². The maximum absolute atomic E-state index is 13.1. The van der Waals surface area contributed by atoms with Crippen molar-refractivity contribution in [2.45, 2.75) is 18.9 Å². The number of aliphatic carboxylic acids is 1. The fourth-order valence-electron chi connectivity index (χ4n) is 1.29. The number of hydrogen-bond acceptors (Lipinski definition) is 2. The molecule has 8 heteroatoms. The number of nitrogens with two attached hydrogens (primary N) is 1. The van der Waals surface area contributed by atoms with Crippen LogP contribution in [0.3, 0.4) is 0 Å². The van der Waals surface area contributed by atoms with Gasteiger partial charge in [-0.15, -0.1) is 0 Å². The van der Waals surface area contributed by atoms with Gasteiger partial charge >= 0.3 is 5.97 Å². The first kappa shape index (κ1) is 14.4. The molecule has 1 rings (SSSR count). The molecule has 0 unspecified atom stereocenters. The molecule has 0 radical (unpaired) electrons. The van der Waals surface area contributed by atoms with E-state index in [1.54, 1.807) is 0 Å². The van der Waals surface area contributed by atoms with Crippen molar-refractivity contribution in [1.82, 2.24) is 0 Å². The van der Waals surface area contributed by atoms with Crippen LogP contribution in [0.4, 0.5) is 22.0 Å². The van der Waals surface area contributed by atoms with Crippen molar-refractivity contribution < 1.29 is 31.9 Å². The van der Waals surface area contributed by atoms with Crippen LogP contribution < -0.4 is 5.73 Å². The Morgan fingerprint density at radius 2 is 1.39 bits per heavy atom. The first-order valence-electron chi connectivity index (χ1n) is 4.76. The molecule has 18 heavy (non-hydrogen) atoms. The van der Waals surface area contributed by atoms with E-state index in [1.165, 1.54) is 0 Å². The zero-order chi connectivity index (χ0) is 14.0. The lowest BCUT2D eigenvalue weighted by atomic mass is 10.0. The SMILES string of the molecule is N[C@H](CCc1c(F)c(F)c(F)c(F)c1F)C(=O)O. The summed E-state index contributed by atoms with van der Waals surface area (Å²) in [6, 6.07) is -1.44. The van der Waals surface area contributed by atoms with E-state index in [0.29, 0.717) is 0 Å². The maximum Gasteiger partial charge on any atom is 0.320 e. The van der Waals surface area contributed by atoms with Crippen LogP contribution in [0, 0.1) is 29.1 Å². The zero-order valence-electron chi connectivity index (χ0n) is 8.81. The minimum atomic E-state index is -2.25. The number of carboxylic acid groups (broad SMARTS) is 1. The first-order chi connectivity index (χ1) is 8.27. The maximum atomic E-state index is 13.1. The van der Waals surface area contributed by atoms with Crippen LogP contribution in [-0.4, -0.2) is 17.1 Å². The smallest absolute Gasteiger partial charge is 0.320 e. The lowest BCUT2D eigenvalue weighted by Gasteiger charge is -2.09. The molecule has 0 saturated heterocycles. The molecule has 0 aliphatic carbocycles. The van der Waals surface area contributed by atoms with E-state index in [0.717, 1.165) is 0 Å². The Labute approximate surface area is 98.0 Å². The summed E-state index contributed by atoms with van der Waals surface area (Å²) >= 11 is 0. The van der Waals surface area contributed by atoms with Crippen LogP contribution in [0.5, 0.6) is 0 Å². The number of rotatable bonds is 4. The van der Waals surface area contributed by atoms with Crippen LogP contribution in [0.25, 0.3) is 0 Å². The van der Waals surface area contributed by atoms with Crippen LogP contribution >= 0.6 is 0 Å². The number of carbonyl (C=O) groups is 1. The van der Waals surface area contributed by atoms with E-state index in [1.807, 2.05) is 0 Å². The minimum absolute atomic E-state index is 0.451. The van der Waals surface area contributed by atoms with Crippen LogP contribution in [0.1, 0.15) is 12.0 Å². The molecule has 0 amide bonds. The molecule has 1 aromatic carbocycles. The highest BCUT2D eigenvalue weighted by Crippen LogP contribution is 2.24. The molecule has 3 nitrogen and oxygen atoms in total. The zero-order valence-corrected chi connectivity index (χ0v) is 8.81. The normalized spacial score (nSPS) is 12.6. The average Bonchev–Trinajstić information content (AvgIpc) is 2.33. The average molecular weight is 269 g/mol. The molecule has 0 aromatic heterocycles. The number of hydrogen-bond donors (Lipinski definition) is 2. The summed E-state index contributed by atoms with van der Waals surface area (Å²) in [5.74, 6) is -11.7. The quantitative estimate of drug-likeness (QED) is 0.497. The van der Waals surface area contributed by atoms with E-state index < -0.39 is 59.5 Å². The van der Waals surface area contributed by atoms with Gasteiger partial charge in [0.1, 0.15) is 6.04 Å². The van der Waals surface area contributed by atoms with E-state index in [4.69, 9.17) is 10.8 Å². The standard InChI is InChI=1S/C10H8F5NO2/c11-5-3(1-2-4(16)10(17)18)6(12)8(14)9(15)7(5)13/h4H,1-2,16H2,(H,17,18)/t4-/m1/s1. The molecule has 0 aliphatic heterocycles. The van der Waals surface area contributed by atoms with Crippen molar-refractivity contribution in [1.29, 1.82) is 0 Å². The highest BCUT2D eigenvalue weighted by atomic mass is 19.2. The van der Waals surface area contributed by atoms with Gasteiger partial charge in [-0.1, -0.05) is 0 Å². The molecular formula is C10H8F5NO2. The Balaban J connectivity index is 3.07. The van der Waals surface area contributed by atoms with Crippen molar-refractivity contribution >= 4 is 5.97 Å². The fraction of sp³-hybridized carbons (Fsp3) is 0.300. The molecule has 3 N–H and O–H groups in total. The fourth-order valence-corrected chi connectivity index (χ4v) is 1.29. The topological polar surface area (TPSA) is 63.3 Å². The van der Waals surface area contributed by atoms with E-state index in [9.17, 15) is 26.7 Å². The summed E-state index contributed by atoms with van der Waals surface area (Å²) in [5, 5.41) is 8.43. The molecule has 0 saturated carbocycles. The second-order valence-corrected chi connectivity index (χ2v) is 3.53. The lowest BCUT2D eigenvalue weighted by molar-refractivity contribution is -0.138. The third-order valence-electron chi connectivity index (χ3n) is 2.32. The van der Waals surface area contributed by atoms with Gasteiger partial charge in [0.15, 0.2) is 23.3 Å². The van der Waals surface area contributed by atoms with E-state index in [2.05, 4.69) is 0 Å². The molecule has 0 spiro atoms. The van der Waals surface area contributed by atoms with Gasteiger partial charge in [-0.3, -0.25) is 4.79 Å². The van der Waals surface area contributed by atoms with Crippen molar-refractivity contribution in [2.75, 3.05) is 0 Å². The summed E-state index contributed by atoms with van der Waals surface area (Å²) in [5.41, 5.74) is 4.00. The Kier molecular flexibility index (Phi) is 4.23. The lowest BCUT2D eigenvalue weighted by Crippen LogP contribution is -2.30. The van der Waals surface area contributed by atoms with E-state index in [-0.39, 0.29) is 0 Å². The highest BCUT2D eigenvalue weighted by molar-refractivity contribution is 5.73. The molecule has 0 bridgehead atoms. The number of carboxylic acids is 1. The van der Waals surface area contributed by atoms with Gasteiger partial charge < -0.3 is 10.8 Å². The predicted octanol–water partition coefficient (Wildman–Crippen LogP) is 1.73. The summed E-state index contributed by atoms with van der Waals surface area (Å²) < 4.78 is 64.5. The van der Waals surface area contributed by atoms with Gasteiger partial charge in [-0.2, -0.15) is 0 Å². The number of benzene rings is 1. The van der Waals surface area contributed by atoms with Crippen molar-refractivity contribution in [3.05, 3.63) is 34.6 Å². The molecule has 1 atom stereocenters. The molecule has 1 aromatic rings. The van der Waals surface area contributed by atoms with Gasteiger partial charge in [-0.25, -0.2) is 22.0 Å². The highest BCUT2D eigenvalue weighted by Gasteiger charge is 2.26. The number of halogens is 5. The van der Waals surface area contributed by atoms with Crippen LogP contribution in [-0.2, 0) is 11.2 Å². The van der Waals surface area contributed by atoms with Gasteiger partial charge in [-0.05, 0) is 12.8 Å². The Morgan fingerprint density at radius 3 is 1.78 bits per heavy atom. The third kappa shape index (κ3) is 2.58. The summed E-state index contributed by atoms with van der Waals surface area (Å²) in [6.07, 6.45) is -1.12. The molecule has 0 fully saturated rings. The summed E-state index contributed by atoms with van der Waals surface area (Å²) in [7, 11) is 0. The van der Waals surface area contributed by atoms with Crippen molar-refractivity contribution in [3.63, 3.8) is 0 Å². The predicted molar refractivity (Wildman–Crippen MR) is 50.2 cm³/mol. The van der Waals surface area contributed by atoms with Gasteiger partial charge in [0.25, 0.3) is 0 Å². The van der Waals surface area contributed by atoms with E-state index >= 15 is 0 Å². The molecule has 0 aliphatic rings. The summed E-state index contributed by atoms with van der Waals surface area (Å²) in [4.78, 5) is 10.4. The van der Waals surface area contributed by atoms with Gasteiger partial charge in [0, 0.05) is 5.56 Å². The molecular weight excluding hydrogens is 261 g/mol. The Bertz CT molecular complexity index is 463. The largest absolute Gasteiger partial charge is 0.480 e. The molecule has 0 heterocycles. The van der Waals surface area contributed by atoms with Gasteiger partial charge in [0.05, 0.1) is 0 Å². The Morgan fingerprint density at radius 1 is 1.00 bits per heavy atom. The van der Waals surface area contributed by atoms with Crippen molar-refractivity contribution in [3.8, 4) is 0 Å². The summed E-state index contributed by atoms with van der Waals surface area (Å²) in [6.45, 7) is 0. The molecule has 100 valence electrons. The second kappa shape index (κ2) is 5.30. The minimum Gasteiger partial charge on any atom is -0.480 e. The van der Waals surface area contributed by atoms with Crippen LogP contribution in [0.2, 0.25) is 0 Å².